The van der Waals surface area contributed by atoms with E-state index in [4.69, 9.17) is 9.47 Å². The molecule has 1 aromatic rings. The number of hydrogen-bond acceptors (Lipinski definition) is 3. The Labute approximate surface area is 117 Å². The number of rotatable bonds is 1. The van der Waals surface area contributed by atoms with Crippen molar-refractivity contribution in [2.75, 3.05) is 13.2 Å². The van der Waals surface area contributed by atoms with Gasteiger partial charge in [0.1, 0.15) is 0 Å². The molecule has 1 fully saturated rings. The van der Waals surface area contributed by atoms with Crippen LogP contribution in [0.1, 0.15) is 17.3 Å². The summed E-state index contributed by atoms with van der Waals surface area (Å²) < 4.78 is 11.2. The van der Waals surface area contributed by atoms with E-state index in [1.807, 2.05) is 37.3 Å². The lowest BCUT2D eigenvalue weighted by molar-refractivity contribution is -0.0842. The van der Waals surface area contributed by atoms with Crippen molar-refractivity contribution in [3.05, 3.63) is 59.7 Å². The van der Waals surface area contributed by atoms with E-state index in [1.54, 1.807) is 18.2 Å². The molecule has 1 heterocycles. The first-order valence-corrected chi connectivity index (χ1v) is 6.54. The SMILES string of the molecule is CC1=CC(=NC(=O)c2ccccc2)C=CC12OCCO2. The number of hydrogen-bond donors (Lipinski definition) is 0. The highest BCUT2D eigenvalue weighted by atomic mass is 16.7. The summed E-state index contributed by atoms with van der Waals surface area (Å²) >= 11 is 0. The van der Waals surface area contributed by atoms with Crippen LogP contribution in [0.2, 0.25) is 0 Å². The molecule has 0 bridgehead atoms. The molecule has 0 radical (unpaired) electrons. The molecule has 20 heavy (non-hydrogen) atoms. The predicted molar refractivity (Wildman–Crippen MR) is 75.7 cm³/mol. The van der Waals surface area contributed by atoms with Gasteiger partial charge in [0.2, 0.25) is 5.79 Å². The fraction of sp³-hybridized carbons (Fsp3) is 0.250. The number of allylic oxidation sites excluding steroid dienone is 2. The van der Waals surface area contributed by atoms with Crippen molar-refractivity contribution in [3.8, 4) is 0 Å². The average molecular weight is 269 g/mol. The van der Waals surface area contributed by atoms with Crippen LogP contribution in [0.5, 0.6) is 0 Å². The summed E-state index contributed by atoms with van der Waals surface area (Å²) in [4.78, 5) is 16.1. The zero-order valence-corrected chi connectivity index (χ0v) is 11.2. The first-order chi connectivity index (χ1) is 9.70. The molecule has 3 rings (SSSR count). The van der Waals surface area contributed by atoms with Crippen molar-refractivity contribution >= 4 is 11.6 Å². The third-order valence-electron chi connectivity index (χ3n) is 3.36. The number of amides is 1. The Morgan fingerprint density at radius 3 is 2.55 bits per heavy atom. The van der Waals surface area contributed by atoms with Gasteiger partial charge >= 0.3 is 0 Å². The third kappa shape index (κ3) is 2.35. The Bertz CT molecular complexity index is 608. The lowest BCUT2D eigenvalue weighted by Crippen LogP contribution is -2.31. The molecule has 0 aromatic heterocycles. The molecule has 1 aromatic carbocycles. The van der Waals surface area contributed by atoms with E-state index in [0.717, 1.165) is 5.57 Å². The lowest BCUT2D eigenvalue weighted by atomic mass is 9.99. The molecule has 4 heteroatoms. The van der Waals surface area contributed by atoms with E-state index in [-0.39, 0.29) is 5.91 Å². The second-order valence-corrected chi connectivity index (χ2v) is 4.73. The molecule has 1 saturated heterocycles. The number of carbonyl (C=O) groups is 1. The van der Waals surface area contributed by atoms with Gasteiger partial charge in [0, 0.05) is 5.56 Å². The second kappa shape index (κ2) is 5.15. The predicted octanol–water partition coefficient (Wildman–Crippen LogP) is 2.53. The van der Waals surface area contributed by atoms with Gasteiger partial charge in [-0.05, 0) is 42.9 Å². The zero-order valence-electron chi connectivity index (χ0n) is 11.2. The maximum atomic E-state index is 12.0. The molecule has 0 saturated carbocycles. The van der Waals surface area contributed by atoms with E-state index < -0.39 is 5.79 Å². The largest absolute Gasteiger partial charge is 0.340 e. The van der Waals surface area contributed by atoms with E-state index in [1.165, 1.54) is 0 Å². The maximum Gasteiger partial charge on any atom is 0.277 e. The first kappa shape index (κ1) is 13.0. The van der Waals surface area contributed by atoms with Crippen molar-refractivity contribution in [2.24, 2.45) is 4.99 Å². The zero-order chi connectivity index (χ0) is 14.0. The van der Waals surface area contributed by atoms with Gasteiger partial charge in [0.05, 0.1) is 18.9 Å². The summed E-state index contributed by atoms with van der Waals surface area (Å²) in [5.41, 5.74) is 2.09. The molecule has 0 N–H and O–H groups in total. The summed E-state index contributed by atoms with van der Waals surface area (Å²) in [6.07, 6.45) is 5.40. The quantitative estimate of drug-likeness (QED) is 0.787. The number of ether oxygens (including phenoxy) is 2. The molecule has 1 spiro atoms. The fourth-order valence-corrected chi connectivity index (χ4v) is 2.28. The van der Waals surface area contributed by atoms with Crippen molar-refractivity contribution < 1.29 is 14.3 Å². The van der Waals surface area contributed by atoms with Crippen molar-refractivity contribution in [1.82, 2.24) is 0 Å². The van der Waals surface area contributed by atoms with Crippen molar-refractivity contribution in [3.63, 3.8) is 0 Å². The van der Waals surface area contributed by atoms with Gasteiger partial charge in [-0.15, -0.1) is 0 Å². The van der Waals surface area contributed by atoms with Gasteiger partial charge < -0.3 is 9.47 Å². The summed E-state index contributed by atoms with van der Waals surface area (Å²) in [5.74, 6) is -1.01. The van der Waals surface area contributed by atoms with Crippen molar-refractivity contribution in [2.45, 2.75) is 12.7 Å². The fourth-order valence-electron chi connectivity index (χ4n) is 2.28. The van der Waals surface area contributed by atoms with E-state index >= 15 is 0 Å². The molecule has 0 unspecified atom stereocenters. The molecule has 1 aliphatic heterocycles. The van der Waals surface area contributed by atoms with Crippen molar-refractivity contribution in [1.29, 1.82) is 0 Å². The van der Waals surface area contributed by atoms with Gasteiger partial charge in [-0.3, -0.25) is 4.79 Å². The standard InChI is InChI=1S/C16H15NO3/c1-12-11-14(7-8-16(12)19-9-10-20-16)17-15(18)13-5-3-2-4-6-13/h2-8,11H,9-10H2,1H3. The number of benzene rings is 1. The van der Waals surface area contributed by atoms with Crippen LogP contribution in [0.25, 0.3) is 0 Å². The van der Waals surface area contributed by atoms with E-state index in [0.29, 0.717) is 24.5 Å². The van der Waals surface area contributed by atoms with Gasteiger partial charge in [-0.25, -0.2) is 4.99 Å². The smallest absolute Gasteiger partial charge is 0.277 e. The van der Waals surface area contributed by atoms with Gasteiger partial charge in [-0.2, -0.15) is 0 Å². The molecule has 0 atom stereocenters. The molecular formula is C16H15NO3. The van der Waals surface area contributed by atoms with Crippen LogP contribution in [-0.2, 0) is 9.47 Å². The average Bonchev–Trinajstić information content (AvgIpc) is 2.94. The van der Waals surface area contributed by atoms with Crippen LogP contribution in [0, 0.1) is 0 Å². The highest BCUT2D eigenvalue weighted by Crippen LogP contribution is 2.31. The minimum Gasteiger partial charge on any atom is -0.340 e. The summed E-state index contributed by atoms with van der Waals surface area (Å²) in [6.45, 7) is 3.06. The Balaban J connectivity index is 1.83. The molecule has 102 valence electrons. The van der Waals surface area contributed by atoms with E-state index in [9.17, 15) is 4.79 Å². The highest BCUT2D eigenvalue weighted by Gasteiger charge is 2.37. The van der Waals surface area contributed by atoms with Crippen LogP contribution in [0.3, 0.4) is 0 Å². The molecule has 4 nitrogen and oxygen atoms in total. The molecule has 2 aliphatic rings. The number of carbonyl (C=O) groups excluding carboxylic acids is 1. The maximum absolute atomic E-state index is 12.0. The van der Waals surface area contributed by atoms with Gasteiger partial charge in [0.25, 0.3) is 5.91 Å². The first-order valence-electron chi connectivity index (χ1n) is 6.54. The molecule has 1 aliphatic carbocycles. The van der Waals surface area contributed by atoms with Gasteiger partial charge in [-0.1, -0.05) is 18.2 Å². The highest BCUT2D eigenvalue weighted by molar-refractivity contribution is 6.13. The normalized spacial score (nSPS) is 22.2. The minimum atomic E-state index is -0.755. The minimum absolute atomic E-state index is 0.251. The third-order valence-corrected chi connectivity index (χ3v) is 3.36. The van der Waals surface area contributed by atoms with Crippen LogP contribution in [0.15, 0.2) is 59.1 Å². The number of nitrogens with zero attached hydrogens (tertiary/aromatic N) is 1. The number of aliphatic imine (C=N–C) groups is 1. The summed E-state index contributed by atoms with van der Waals surface area (Å²) in [7, 11) is 0. The summed E-state index contributed by atoms with van der Waals surface area (Å²) in [5, 5.41) is 0. The Kier molecular flexibility index (Phi) is 3.34. The lowest BCUT2D eigenvalue weighted by Gasteiger charge is -2.27. The van der Waals surface area contributed by atoms with Crippen LogP contribution in [-0.4, -0.2) is 30.6 Å². The van der Waals surface area contributed by atoms with Crippen LogP contribution < -0.4 is 0 Å². The summed E-state index contributed by atoms with van der Waals surface area (Å²) in [6, 6.07) is 9.01. The van der Waals surface area contributed by atoms with Crippen LogP contribution in [0.4, 0.5) is 0 Å². The van der Waals surface area contributed by atoms with Gasteiger partial charge in [0.15, 0.2) is 0 Å². The monoisotopic (exact) mass is 269 g/mol. The van der Waals surface area contributed by atoms with Crippen LogP contribution >= 0.6 is 0 Å². The molecule has 1 amide bonds. The Morgan fingerprint density at radius 2 is 1.90 bits per heavy atom. The Morgan fingerprint density at radius 1 is 1.20 bits per heavy atom. The second-order valence-electron chi connectivity index (χ2n) is 4.73. The Hall–Kier alpha value is -2.04. The topological polar surface area (TPSA) is 47.9 Å². The molecular weight excluding hydrogens is 254 g/mol. The van der Waals surface area contributed by atoms with E-state index in [2.05, 4.69) is 4.99 Å².